The van der Waals surface area contributed by atoms with Crippen LogP contribution in [0, 0.1) is 12.8 Å². The molecule has 3 nitrogen and oxygen atoms in total. The Morgan fingerprint density at radius 3 is 2.73 bits per heavy atom. The molecule has 3 unspecified atom stereocenters. The van der Waals surface area contributed by atoms with Gasteiger partial charge in [-0.3, -0.25) is 0 Å². The number of hydrogen-bond acceptors (Lipinski definition) is 2. The highest BCUT2D eigenvalue weighted by atomic mass is 16.5. The van der Waals surface area contributed by atoms with E-state index >= 15 is 0 Å². The molecule has 3 heteroatoms. The highest BCUT2D eigenvalue weighted by Crippen LogP contribution is 2.56. The lowest BCUT2D eigenvalue weighted by Gasteiger charge is -2.51. The Labute approximate surface area is 154 Å². The highest BCUT2D eigenvalue weighted by Gasteiger charge is 2.50. The molecule has 2 aliphatic rings. The zero-order chi connectivity index (χ0) is 18.3. The number of aryl methyl sites for hydroxylation is 1. The molecule has 0 saturated heterocycles. The largest absolute Gasteiger partial charge is 0.487 e. The molecule has 1 aliphatic carbocycles. The summed E-state index contributed by atoms with van der Waals surface area (Å²) in [6.07, 6.45) is 2.64. The summed E-state index contributed by atoms with van der Waals surface area (Å²) in [6, 6.07) is 10.7. The van der Waals surface area contributed by atoms with Crippen molar-refractivity contribution in [1.29, 1.82) is 0 Å². The van der Waals surface area contributed by atoms with Gasteiger partial charge in [-0.15, -0.1) is 0 Å². The Morgan fingerprint density at radius 1 is 1.15 bits per heavy atom. The van der Waals surface area contributed by atoms with Crippen molar-refractivity contribution in [1.82, 2.24) is 4.98 Å². The first-order valence-corrected chi connectivity index (χ1v) is 9.72. The molecule has 0 amide bonds. The van der Waals surface area contributed by atoms with Crippen molar-refractivity contribution < 1.29 is 9.84 Å². The summed E-state index contributed by atoms with van der Waals surface area (Å²) >= 11 is 0. The minimum absolute atomic E-state index is 0.210. The molecule has 0 radical (unpaired) electrons. The van der Waals surface area contributed by atoms with Crippen LogP contribution in [0.15, 0.2) is 30.3 Å². The first-order valence-electron chi connectivity index (χ1n) is 9.72. The van der Waals surface area contributed by atoms with Gasteiger partial charge < -0.3 is 14.8 Å². The summed E-state index contributed by atoms with van der Waals surface area (Å²) < 4.78 is 6.59. The smallest absolute Gasteiger partial charge is 0.128 e. The van der Waals surface area contributed by atoms with Gasteiger partial charge in [-0.05, 0) is 70.6 Å². The lowest BCUT2D eigenvalue weighted by atomic mass is 9.62. The second-order valence-corrected chi connectivity index (χ2v) is 9.19. The molecule has 2 aromatic carbocycles. The van der Waals surface area contributed by atoms with E-state index in [0.717, 1.165) is 25.0 Å². The summed E-state index contributed by atoms with van der Waals surface area (Å²) in [7, 11) is 0. The van der Waals surface area contributed by atoms with Gasteiger partial charge in [0.15, 0.2) is 0 Å². The van der Waals surface area contributed by atoms with Crippen molar-refractivity contribution in [2.75, 3.05) is 0 Å². The van der Waals surface area contributed by atoms with Crippen molar-refractivity contribution in [3.63, 3.8) is 0 Å². The summed E-state index contributed by atoms with van der Waals surface area (Å²) in [5.41, 5.74) is 4.01. The van der Waals surface area contributed by atoms with Crippen LogP contribution in [0.4, 0.5) is 0 Å². The van der Waals surface area contributed by atoms with Crippen molar-refractivity contribution in [3.8, 4) is 5.75 Å². The van der Waals surface area contributed by atoms with Crippen LogP contribution in [0.25, 0.3) is 21.8 Å². The molecular weight excluding hydrogens is 322 g/mol. The van der Waals surface area contributed by atoms with Crippen molar-refractivity contribution in [2.45, 2.75) is 64.1 Å². The zero-order valence-electron chi connectivity index (χ0n) is 16.0. The highest BCUT2D eigenvalue weighted by molar-refractivity contribution is 6.09. The number of H-pyrrole nitrogens is 1. The van der Waals surface area contributed by atoms with Gasteiger partial charge in [0.1, 0.15) is 11.4 Å². The third kappa shape index (κ3) is 2.16. The van der Waals surface area contributed by atoms with Gasteiger partial charge in [0, 0.05) is 27.8 Å². The minimum Gasteiger partial charge on any atom is -0.487 e. The van der Waals surface area contributed by atoms with E-state index in [0.29, 0.717) is 11.8 Å². The van der Waals surface area contributed by atoms with Crippen LogP contribution >= 0.6 is 0 Å². The van der Waals surface area contributed by atoms with E-state index in [2.05, 4.69) is 56.1 Å². The van der Waals surface area contributed by atoms with Crippen LogP contribution in [-0.2, 0) is 0 Å². The number of aliphatic hydroxyl groups is 1. The van der Waals surface area contributed by atoms with Gasteiger partial charge >= 0.3 is 0 Å². The second-order valence-electron chi connectivity index (χ2n) is 9.19. The van der Waals surface area contributed by atoms with Gasteiger partial charge in [-0.2, -0.15) is 0 Å². The van der Waals surface area contributed by atoms with E-state index in [4.69, 9.17) is 4.74 Å². The molecule has 26 heavy (non-hydrogen) atoms. The van der Waals surface area contributed by atoms with E-state index in [1.165, 1.54) is 32.9 Å². The molecule has 3 atom stereocenters. The first kappa shape index (κ1) is 16.2. The second kappa shape index (κ2) is 5.04. The molecule has 2 heterocycles. The van der Waals surface area contributed by atoms with Gasteiger partial charge in [-0.1, -0.05) is 18.2 Å². The average molecular weight is 349 g/mol. The van der Waals surface area contributed by atoms with Gasteiger partial charge in [-0.25, -0.2) is 0 Å². The summed E-state index contributed by atoms with van der Waals surface area (Å²) in [4.78, 5) is 3.66. The summed E-state index contributed by atoms with van der Waals surface area (Å²) in [6.45, 7) is 8.56. The molecule has 1 saturated carbocycles. The standard InChI is InChI=1S/C23H27NO2/c1-13-11-15-14-7-5-6-8-18(14)24-20(15)19-16-12-23(4,25)10-9-17(16)22(2,3)26-21(13)19/h5-8,11,16-17,24-25H,9-10,12H2,1-4H3. The van der Waals surface area contributed by atoms with Crippen LogP contribution in [0.2, 0.25) is 0 Å². The predicted molar refractivity (Wildman–Crippen MR) is 106 cm³/mol. The predicted octanol–water partition coefficient (Wildman–Crippen LogP) is 5.44. The molecular formula is C23H27NO2. The molecule has 3 aromatic rings. The quantitative estimate of drug-likeness (QED) is 0.568. The Hall–Kier alpha value is -2.00. The fourth-order valence-corrected chi connectivity index (χ4v) is 5.48. The molecule has 0 bridgehead atoms. The number of ether oxygens (including phenoxy) is 1. The first-order chi connectivity index (χ1) is 12.3. The van der Waals surface area contributed by atoms with E-state index in [1.807, 2.05) is 6.92 Å². The average Bonchev–Trinajstić information content (AvgIpc) is 2.92. The monoisotopic (exact) mass is 349 g/mol. The number of fused-ring (bicyclic) bond motifs is 7. The van der Waals surface area contributed by atoms with E-state index in [9.17, 15) is 5.11 Å². The van der Waals surface area contributed by atoms with Gasteiger partial charge in [0.25, 0.3) is 0 Å². The Balaban J connectivity index is 1.84. The van der Waals surface area contributed by atoms with E-state index in [-0.39, 0.29) is 5.60 Å². The van der Waals surface area contributed by atoms with E-state index in [1.54, 1.807) is 0 Å². The van der Waals surface area contributed by atoms with E-state index < -0.39 is 5.60 Å². The fraction of sp³-hybridized carbons (Fsp3) is 0.478. The third-order valence-electron chi connectivity index (χ3n) is 6.75. The number of para-hydroxylation sites is 1. The molecule has 1 fully saturated rings. The molecule has 1 aliphatic heterocycles. The van der Waals surface area contributed by atoms with Crippen LogP contribution in [0.3, 0.4) is 0 Å². The zero-order valence-corrected chi connectivity index (χ0v) is 16.0. The summed E-state index contributed by atoms with van der Waals surface area (Å²) in [5, 5.41) is 13.4. The number of aromatic nitrogens is 1. The minimum atomic E-state index is -0.603. The number of benzene rings is 2. The molecule has 0 spiro atoms. The molecule has 5 rings (SSSR count). The Kier molecular flexibility index (Phi) is 3.14. The third-order valence-corrected chi connectivity index (χ3v) is 6.75. The maximum Gasteiger partial charge on any atom is 0.128 e. The van der Waals surface area contributed by atoms with Crippen molar-refractivity contribution in [2.24, 2.45) is 5.92 Å². The van der Waals surface area contributed by atoms with Crippen molar-refractivity contribution >= 4 is 21.8 Å². The lowest BCUT2D eigenvalue weighted by molar-refractivity contribution is -0.0652. The molecule has 2 N–H and O–H groups in total. The SMILES string of the molecule is Cc1cc2c([nH]c3ccccc32)c2c1OC(C)(C)C1CCC(C)(O)CC21. The molecule has 136 valence electrons. The van der Waals surface area contributed by atoms with Crippen molar-refractivity contribution in [3.05, 3.63) is 41.5 Å². The number of rotatable bonds is 0. The van der Waals surface area contributed by atoms with Crippen LogP contribution in [0.1, 0.15) is 57.1 Å². The topological polar surface area (TPSA) is 45.2 Å². The summed E-state index contributed by atoms with van der Waals surface area (Å²) in [5.74, 6) is 1.76. The van der Waals surface area contributed by atoms with Gasteiger partial charge in [0.05, 0.1) is 11.1 Å². The lowest BCUT2D eigenvalue weighted by Crippen LogP contribution is -2.50. The van der Waals surface area contributed by atoms with Crippen LogP contribution in [0.5, 0.6) is 5.75 Å². The van der Waals surface area contributed by atoms with Crippen LogP contribution < -0.4 is 4.74 Å². The maximum atomic E-state index is 10.8. The Morgan fingerprint density at radius 2 is 1.92 bits per heavy atom. The fourth-order valence-electron chi connectivity index (χ4n) is 5.48. The van der Waals surface area contributed by atoms with Gasteiger partial charge in [0.2, 0.25) is 0 Å². The normalized spacial score (nSPS) is 30.0. The number of hydrogen-bond donors (Lipinski definition) is 2. The van der Waals surface area contributed by atoms with Crippen LogP contribution in [-0.4, -0.2) is 21.3 Å². The number of nitrogens with one attached hydrogen (secondary N) is 1. The number of aromatic amines is 1. The maximum absolute atomic E-state index is 10.8. The molecule has 1 aromatic heterocycles. The Bertz CT molecular complexity index is 1030.